The fraction of sp³-hybridized carbons (Fsp3) is 0.385. The summed E-state index contributed by atoms with van der Waals surface area (Å²) in [4.78, 5) is 23.6. The number of rotatable bonds is 4. The minimum atomic E-state index is -0.865. The third kappa shape index (κ3) is 2.09. The van der Waals surface area contributed by atoms with Crippen molar-refractivity contribution in [3.8, 4) is 5.75 Å². The van der Waals surface area contributed by atoms with E-state index in [1.54, 1.807) is 13.0 Å². The number of hydrogen-bond donors (Lipinski definition) is 0. The summed E-state index contributed by atoms with van der Waals surface area (Å²) in [5, 5.41) is 0. The van der Waals surface area contributed by atoms with Gasteiger partial charge in [0, 0.05) is 0 Å². The molecule has 0 atom stereocenters. The molecule has 0 spiro atoms. The fourth-order valence-electron chi connectivity index (χ4n) is 1.95. The highest BCUT2D eigenvalue weighted by Gasteiger charge is 2.28. The summed E-state index contributed by atoms with van der Waals surface area (Å²) in [5.41, 5.74) is 1.88. The van der Waals surface area contributed by atoms with Crippen LogP contribution in [0.5, 0.6) is 5.75 Å². The van der Waals surface area contributed by atoms with Crippen LogP contribution in [-0.4, -0.2) is 25.5 Å². The molecule has 1 aromatic rings. The number of ketones is 1. The molecule has 5 heteroatoms. The van der Waals surface area contributed by atoms with Crippen molar-refractivity contribution in [1.29, 1.82) is 0 Å². The molecule has 0 fully saturated rings. The second kappa shape index (κ2) is 5.18. The average Bonchev–Trinajstić information content (AvgIpc) is 2.85. The van der Waals surface area contributed by atoms with Crippen LogP contribution in [-0.2, 0) is 27.5 Å². The Morgan fingerprint density at radius 1 is 1.33 bits per heavy atom. The number of carbonyl (C=O) groups excluding carboxylic acids is 2. The van der Waals surface area contributed by atoms with E-state index in [9.17, 15) is 9.59 Å². The Bertz CT molecular complexity index is 492. The van der Waals surface area contributed by atoms with E-state index in [1.807, 2.05) is 6.07 Å². The van der Waals surface area contributed by atoms with Crippen LogP contribution >= 0.6 is 0 Å². The third-order valence-corrected chi connectivity index (χ3v) is 2.78. The Balaban J connectivity index is 2.45. The van der Waals surface area contributed by atoms with E-state index >= 15 is 0 Å². The lowest BCUT2D eigenvalue weighted by Gasteiger charge is -2.11. The van der Waals surface area contributed by atoms with Gasteiger partial charge in [0.1, 0.15) is 5.75 Å². The number of esters is 1. The standard InChI is InChI=1S/C13H14O5/c1-3-18-13(15)12(14)11-9-7-17-6-8(9)4-5-10(11)16-2/h4-5H,3,6-7H2,1-2H3. The first kappa shape index (κ1) is 12.6. The Morgan fingerprint density at radius 2 is 2.11 bits per heavy atom. The topological polar surface area (TPSA) is 61.8 Å². The minimum Gasteiger partial charge on any atom is -0.496 e. The number of benzene rings is 1. The summed E-state index contributed by atoms with van der Waals surface area (Å²) in [6.45, 7) is 2.58. The second-order valence-corrected chi connectivity index (χ2v) is 3.82. The normalized spacial score (nSPS) is 13.0. The molecule has 1 heterocycles. The van der Waals surface area contributed by atoms with E-state index in [-0.39, 0.29) is 12.2 Å². The molecular formula is C13H14O5. The van der Waals surface area contributed by atoms with Crippen LogP contribution in [0, 0.1) is 0 Å². The Morgan fingerprint density at radius 3 is 2.78 bits per heavy atom. The van der Waals surface area contributed by atoms with E-state index < -0.39 is 11.8 Å². The van der Waals surface area contributed by atoms with Crippen LogP contribution in [0.4, 0.5) is 0 Å². The van der Waals surface area contributed by atoms with Gasteiger partial charge in [-0.3, -0.25) is 4.79 Å². The maximum atomic E-state index is 12.1. The number of fused-ring (bicyclic) bond motifs is 1. The monoisotopic (exact) mass is 250 g/mol. The maximum absolute atomic E-state index is 12.1. The van der Waals surface area contributed by atoms with Crippen molar-refractivity contribution in [2.45, 2.75) is 20.1 Å². The Kier molecular flexibility index (Phi) is 3.62. The molecule has 0 amide bonds. The zero-order valence-corrected chi connectivity index (χ0v) is 10.3. The highest BCUT2D eigenvalue weighted by molar-refractivity contribution is 6.41. The predicted octanol–water partition coefficient (Wildman–Crippen LogP) is 1.47. The van der Waals surface area contributed by atoms with Crippen molar-refractivity contribution in [2.24, 2.45) is 0 Å². The third-order valence-electron chi connectivity index (χ3n) is 2.78. The van der Waals surface area contributed by atoms with Crippen LogP contribution in [0.1, 0.15) is 28.4 Å². The number of Topliss-reactive ketones (excluding diaryl/α,β-unsaturated/α-hetero) is 1. The molecule has 0 aromatic heterocycles. The van der Waals surface area contributed by atoms with E-state index in [4.69, 9.17) is 14.2 Å². The molecule has 18 heavy (non-hydrogen) atoms. The molecule has 1 aliphatic rings. The molecule has 5 nitrogen and oxygen atoms in total. The lowest BCUT2D eigenvalue weighted by atomic mass is 9.99. The highest BCUT2D eigenvalue weighted by Crippen LogP contribution is 2.31. The molecule has 0 saturated carbocycles. The van der Waals surface area contributed by atoms with Gasteiger partial charge >= 0.3 is 5.97 Å². The molecule has 1 aliphatic heterocycles. The van der Waals surface area contributed by atoms with Crippen molar-refractivity contribution in [1.82, 2.24) is 0 Å². The van der Waals surface area contributed by atoms with E-state index in [0.29, 0.717) is 24.5 Å². The highest BCUT2D eigenvalue weighted by atomic mass is 16.5. The van der Waals surface area contributed by atoms with E-state index in [1.165, 1.54) is 7.11 Å². The summed E-state index contributed by atoms with van der Waals surface area (Å²) in [6.07, 6.45) is 0. The van der Waals surface area contributed by atoms with Crippen molar-refractivity contribution in [3.63, 3.8) is 0 Å². The largest absolute Gasteiger partial charge is 0.496 e. The Hall–Kier alpha value is -1.88. The molecule has 0 aliphatic carbocycles. The number of hydrogen-bond acceptors (Lipinski definition) is 5. The molecule has 2 rings (SSSR count). The number of carbonyl (C=O) groups is 2. The van der Waals surface area contributed by atoms with Crippen molar-refractivity contribution >= 4 is 11.8 Å². The molecule has 0 unspecified atom stereocenters. The zero-order valence-electron chi connectivity index (χ0n) is 10.3. The number of methoxy groups -OCH3 is 1. The van der Waals surface area contributed by atoms with Crippen LogP contribution < -0.4 is 4.74 Å². The molecular weight excluding hydrogens is 236 g/mol. The van der Waals surface area contributed by atoms with Gasteiger partial charge in [-0.25, -0.2) is 4.79 Å². The molecule has 0 saturated heterocycles. The molecule has 0 bridgehead atoms. The summed E-state index contributed by atoms with van der Waals surface area (Å²) in [6, 6.07) is 3.50. The molecule has 1 aromatic carbocycles. The zero-order chi connectivity index (χ0) is 13.1. The summed E-state index contributed by atoms with van der Waals surface area (Å²) in [5.74, 6) is -1.18. The first-order valence-corrected chi connectivity index (χ1v) is 5.67. The van der Waals surface area contributed by atoms with Gasteiger partial charge in [-0.15, -0.1) is 0 Å². The molecule has 0 N–H and O–H groups in total. The van der Waals surface area contributed by atoms with Gasteiger partial charge in [0.2, 0.25) is 0 Å². The predicted molar refractivity (Wildman–Crippen MR) is 62.5 cm³/mol. The van der Waals surface area contributed by atoms with Gasteiger partial charge < -0.3 is 14.2 Å². The Labute approximate surface area is 105 Å². The molecule has 96 valence electrons. The first-order chi connectivity index (χ1) is 8.69. The lowest BCUT2D eigenvalue weighted by molar-refractivity contribution is -0.137. The van der Waals surface area contributed by atoms with Crippen molar-refractivity contribution in [2.75, 3.05) is 13.7 Å². The average molecular weight is 250 g/mol. The van der Waals surface area contributed by atoms with Crippen LogP contribution in [0.2, 0.25) is 0 Å². The summed E-state index contributed by atoms with van der Waals surface area (Å²) in [7, 11) is 1.46. The lowest BCUT2D eigenvalue weighted by Crippen LogP contribution is -2.20. The van der Waals surface area contributed by atoms with Gasteiger partial charge in [0.15, 0.2) is 0 Å². The quantitative estimate of drug-likeness (QED) is 0.460. The SMILES string of the molecule is CCOC(=O)C(=O)c1c(OC)ccc2c1COC2. The number of ether oxygens (including phenoxy) is 3. The van der Waals surface area contributed by atoms with Gasteiger partial charge in [0.05, 0.1) is 32.5 Å². The van der Waals surface area contributed by atoms with Gasteiger partial charge in [-0.05, 0) is 24.1 Å². The summed E-state index contributed by atoms with van der Waals surface area (Å²) >= 11 is 0. The van der Waals surface area contributed by atoms with Crippen LogP contribution in [0.3, 0.4) is 0 Å². The summed E-state index contributed by atoms with van der Waals surface area (Å²) < 4.78 is 15.2. The fourth-order valence-corrected chi connectivity index (χ4v) is 1.95. The second-order valence-electron chi connectivity index (χ2n) is 3.82. The van der Waals surface area contributed by atoms with Gasteiger partial charge in [-0.2, -0.15) is 0 Å². The van der Waals surface area contributed by atoms with E-state index in [2.05, 4.69) is 0 Å². The maximum Gasteiger partial charge on any atom is 0.379 e. The van der Waals surface area contributed by atoms with Gasteiger partial charge in [-0.1, -0.05) is 6.07 Å². The smallest absolute Gasteiger partial charge is 0.379 e. The van der Waals surface area contributed by atoms with Crippen LogP contribution in [0.15, 0.2) is 12.1 Å². The van der Waals surface area contributed by atoms with Crippen molar-refractivity contribution < 1.29 is 23.8 Å². The van der Waals surface area contributed by atoms with Crippen LogP contribution in [0.25, 0.3) is 0 Å². The minimum absolute atomic E-state index is 0.165. The van der Waals surface area contributed by atoms with Crippen molar-refractivity contribution in [3.05, 3.63) is 28.8 Å². The van der Waals surface area contributed by atoms with E-state index in [0.717, 1.165) is 5.56 Å². The first-order valence-electron chi connectivity index (χ1n) is 5.67. The van der Waals surface area contributed by atoms with Gasteiger partial charge in [0.25, 0.3) is 5.78 Å². The molecule has 0 radical (unpaired) electrons.